The molecule has 1 fully saturated rings. The molecule has 1 saturated heterocycles. The first kappa shape index (κ1) is 19.8. The van der Waals surface area contributed by atoms with Gasteiger partial charge in [-0.2, -0.15) is 4.31 Å². The van der Waals surface area contributed by atoms with Crippen LogP contribution in [0.4, 0.5) is 0 Å². The highest BCUT2D eigenvalue weighted by molar-refractivity contribution is 7.89. The van der Waals surface area contributed by atoms with E-state index in [0.717, 1.165) is 12.0 Å². The van der Waals surface area contributed by atoms with Crippen LogP contribution in [0, 0.1) is 0 Å². The average Bonchev–Trinajstić information content (AvgIpc) is 2.60. The SMILES string of the molecule is CCCNC(=O)CN(C)Cc1cccc(S(=O)(=O)N2CCOCC2)c1. The lowest BCUT2D eigenvalue weighted by Crippen LogP contribution is -2.40. The standard InChI is InChI=1S/C17H27N3O4S/c1-3-7-18-17(21)14-19(2)13-15-5-4-6-16(12-15)25(22,23)20-8-10-24-11-9-20/h4-6,12H,3,7-11,13-14H2,1-2H3,(H,18,21). The van der Waals surface area contributed by atoms with E-state index in [9.17, 15) is 13.2 Å². The topological polar surface area (TPSA) is 79.0 Å². The summed E-state index contributed by atoms with van der Waals surface area (Å²) in [6, 6.07) is 6.92. The molecule has 0 saturated carbocycles. The molecular formula is C17H27N3O4S. The van der Waals surface area contributed by atoms with Gasteiger partial charge in [-0.1, -0.05) is 19.1 Å². The minimum absolute atomic E-state index is 0.0264. The van der Waals surface area contributed by atoms with E-state index in [0.29, 0.717) is 39.4 Å². The molecule has 8 heteroatoms. The number of hydrogen-bond donors (Lipinski definition) is 1. The molecule has 7 nitrogen and oxygen atoms in total. The summed E-state index contributed by atoms with van der Waals surface area (Å²) in [5.74, 6) is -0.0264. The first-order chi connectivity index (χ1) is 11.9. The predicted octanol–water partition coefficient (Wildman–Crippen LogP) is 0.666. The van der Waals surface area contributed by atoms with Gasteiger partial charge in [-0.15, -0.1) is 0 Å². The first-order valence-electron chi connectivity index (χ1n) is 8.55. The number of rotatable bonds is 8. The minimum atomic E-state index is -3.50. The van der Waals surface area contributed by atoms with Crippen LogP contribution in [0.25, 0.3) is 0 Å². The summed E-state index contributed by atoms with van der Waals surface area (Å²) < 4.78 is 32.1. The van der Waals surface area contributed by atoms with Crippen molar-refractivity contribution in [3.05, 3.63) is 29.8 Å². The lowest BCUT2D eigenvalue weighted by molar-refractivity contribution is -0.122. The van der Waals surface area contributed by atoms with Gasteiger partial charge in [0.2, 0.25) is 15.9 Å². The third-order valence-electron chi connectivity index (χ3n) is 3.94. The zero-order chi connectivity index (χ0) is 18.3. The maximum absolute atomic E-state index is 12.7. The maximum Gasteiger partial charge on any atom is 0.243 e. The molecule has 1 aromatic rings. The number of likely N-dealkylation sites (N-methyl/N-ethyl adjacent to an activating group) is 1. The first-order valence-corrected chi connectivity index (χ1v) is 9.99. The number of amides is 1. The van der Waals surface area contributed by atoms with E-state index in [1.54, 1.807) is 18.2 Å². The molecule has 140 valence electrons. The fourth-order valence-corrected chi connectivity index (χ4v) is 4.15. The highest BCUT2D eigenvalue weighted by Crippen LogP contribution is 2.19. The van der Waals surface area contributed by atoms with Crippen molar-refractivity contribution < 1.29 is 17.9 Å². The van der Waals surface area contributed by atoms with E-state index >= 15 is 0 Å². The highest BCUT2D eigenvalue weighted by atomic mass is 32.2. The number of morpholine rings is 1. The van der Waals surface area contributed by atoms with Gasteiger partial charge in [0.1, 0.15) is 0 Å². The fourth-order valence-electron chi connectivity index (χ4n) is 2.67. The minimum Gasteiger partial charge on any atom is -0.379 e. The van der Waals surface area contributed by atoms with Crippen LogP contribution in [0.3, 0.4) is 0 Å². The summed E-state index contributed by atoms with van der Waals surface area (Å²) in [6.45, 7) is 5.06. The fraction of sp³-hybridized carbons (Fsp3) is 0.588. The zero-order valence-electron chi connectivity index (χ0n) is 14.9. The molecule has 25 heavy (non-hydrogen) atoms. The van der Waals surface area contributed by atoms with Gasteiger partial charge in [-0.25, -0.2) is 8.42 Å². The van der Waals surface area contributed by atoms with Gasteiger partial charge in [-0.05, 0) is 31.2 Å². The van der Waals surface area contributed by atoms with Crippen molar-refractivity contribution in [2.24, 2.45) is 0 Å². The number of carbonyl (C=O) groups excluding carboxylic acids is 1. The number of benzene rings is 1. The molecule has 0 bridgehead atoms. The van der Waals surface area contributed by atoms with Crippen molar-refractivity contribution >= 4 is 15.9 Å². The molecule has 1 aliphatic rings. The van der Waals surface area contributed by atoms with Crippen LogP contribution < -0.4 is 5.32 Å². The van der Waals surface area contributed by atoms with Gasteiger partial charge in [0.25, 0.3) is 0 Å². The van der Waals surface area contributed by atoms with Crippen LogP contribution in [0.15, 0.2) is 29.2 Å². The maximum atomic E-state index is 12.7. The second-order valence-corrected chi connectivity index (χ2v) is 8.12. The second kappa shape index (κ2) is 9.28. The normalized spacial score (nSPS) is 16.1. The molecule has 0 aliphatic carbocycles. The summed E-state index contributed by atoms with van der Waals surface area (Å²) in [6.07, 6.45) is 0.900. The summed E-state index contributed by atoms with van der Waals surface area (Å²) in [7, 11) is -1.66. The van der Waals surface area contributed by atoms with E-state index in [1.165, 1.54) is 4.31 Å². The number of nitrogens with one attached hydrogen (secondary N) is 1. The Morgan fingerprint density at radius 1 is 1.32 bits per heavy atom. The average molecular weight is 369 g/mol. The number of ether oxygens (including phenoxy) is 1. The molecule has 0 spiro atoms. The molecule has 0 atom stereocenters. The van der Waals surface area contributed by atoms with E-state index in [1.807, 2.05) is 24.9 Å². The molecule has 1 aliphatic heterocycles. The summed E-state index contributed by atoms with van der Waals surface area (Å²) in [5, 5.41) is 2.83. The molecule has 2 rings (SSSR count). The van der Waals surface area contributed by atoms with Crippen LogP contribution in [-0.2, 0) is 26.1 Å². The van der Waals surface area contributed by atoms with Crippen LogP contribution in [0.1, 0.15) is 18.9 Å². The Bertz CT molecular complexity index is 672. The Morgan fingerprint density at radius 2 is 2.04 bits per heavy atom. The molecular weight excluding hydrogens is 342 g/mol. The van der Waals surface area contributed by atoms with Crippen molar-refractivity contribution in [1.29, 1.82) is 0 Å². The third kappa shape index (κ3) is 5.78. The summed E-state index contributed by atoms with van der Waals surface area (Å²) in [4.78, 5) is 13.9. The molecule has 0 unspecified atom stereocenters. The van der Waals surface area contributed by atoms with Crippen molar-refractivity contribution in [3.63, 3.8) is 0 Å². The number of nitrogens with zero attached hydrogens (tertiary/aromatic N) is 2. The van der Waals surface area contributed by atoms with E-state index in [2.05, 4.69) is 5.32 Å². The van der Waals surface area contributed by atoms with Crippen molar-refractivity contribution in [1.82, 2.24) is 14.5 Å². The Hall–Kier alpha value is -1.48. The third-order valence-corrected chi connectivity index (χ3v) is 5.84. The van der Waals surface area contributed by atoms with Gasteiger partial charge >= 0.3 is 0 Å². The Labute approximate surface area is 150 Å². The molecule has 0 aromatic heterocycles. The van der Waals surface area contributed by atoms with Gasteiger partial charge in [-0.3, -0.25) is 9.69 Å². The van der Waals surface area contributed by atoms with Crippen LogP contribution >= 0.6 is 0 Å². The van der Waals surface area contributed by atoms with E-state index in [4.69, 9.17) is 4.74 Å². The molecule has 1 amide bonds. The molecule has 1 N–H and O–H groups in total. The van der Waals surface area contributed by atoms with E-state index < -0.39 is 10.0 Å². The Balaban J connectivity index is 2.01. The number of sulfonamides is 1. The predicted molar refractivity (Wildman–Crippen MR) is 95.7 cm³/mol. The van der Waals surface area contributed by atoms with Gasteiger partial charge < -0.3 is 10.1 Å². The van der Waals surface area contributed by atoms with Crippen LogP contribution in [0.5, 0.6) is 0 Å². The van der Waals surface area contributed by atoms with Crippen LogP contribution in [-0.4, -0.2) is 70.0 Å². The van der Waals surface area contributed by atoms with Crippen molar-refractivity contribution in [3.8, 4) is 0 Å². The quantitative estimate of drug-likeness (QED) is 0.728. The van der Waals surface area contributed by atoms with Gasteiger partial charge in [0, 0.05) is 26.2 Å². The molecule has 0 radical (unpaired) electrons. The monoisotopic (exact) mass is 369 g/mol. The lowest BCUT2D eigenvalue weighted by atomic mass is 10.2. The Kier molecular flexibility index (Phi) is 7.37. The summed E-state index contributed by atoms with van der Waals surface area (Å²) in [5.41, 5.74) is 0.861. The number of hydrogen-bond acceptors (Lipinski definition) is 5. The van der Waals surface area contributed by atoms with Crippen LogP contribution in [0.2, 0.25) is 0 Å². The smallest absolute Gasteiger partial charge is 0.243 e. The zero-order valence-corrected chi connectivity index (χ0v) is 15.7. The number of carbonyl (C=O) groups is 1. The largest absolute Gasteiger partial charge is 0.379 e. The van der Waals surface area contributed by atoms with Gasteiger partial charge in [0.15, 0.2) is 0 Å². The highest BCUT2D eigenvalue weighted by Gasteiger charge is 2.26. The van der Waals surface area contributed by atoms with Crippen molar-refractivity contribution in [2.45, 2.75) is 24.8 Å². The second-order valence-electron chi connectivity index (χ2n) is 6.19. The molecule has 1 aromatic carbocycles. The Morgan fingerprint density at radius 3 is 2.72 bits per heavy atom. The van der Waals surface area contributed by atoms with E-state index in [-0.39, 0.29) is 17.3 Å². The summed E-state index contributed by atoms with van der Waals surface area (Å²) >= 11 is 0. The molecule has 1 heterocycles. The van der Waals surface area contributed by atoms with Crippen molar-refractivity contribution in [2.75, 3.05) is 46.4 Å². The lowest BCUT2D eigenvalue weighted by Gasteiger charge is -2.26. The van der Waals surface area contributed by atoms with Gasteiger partial charge in [0.05, 0.1) is 24.7 Å².